The summed E-state index contributed by atoms with van der Waals surface area (Å²) in [5.41, 5.74) is 10.5. The van der Waals surface area contributed by atoms with E-state index in [4.69, 9.17) is 22.3 Å². The van der Waals surface area contributed by atoms with Gasteiger partial charge in [0.05, 0.1) is 16.2 Å². The molecule has 1 aliphatic rings. The lowest BCUT2D eigenvalue weighted by Crippen LogP contribution is -2.33. The molecule has 0 atom stereocenters. The van der Waals surface area contributed by atoms with Crippen molar-refractivity contribution >= 4 is 44.3 Å². The molecule has 2 aromatic heterocycles. The van der Waals surface area contributed by atoms with Gasteiger partial charge in [0.15, 0.2) is 5.82 Å². The van der Waals surface area contributed by atoms with Crippen molar-refractivity contribution in [1.29, 1.82) is 0 Å². The van der Waals surface area contributed by atoms with Crippen LogP contribution in [0.3, 0.4) is 0 Å². The monoisotopic (exact) mass is 565 g/mol. The van der Waals surface area contributed by atoms with Crippen molar-refractivity contribution in [2.24, 2.45) is 5.73 Å². The zero-order valence-electron chi connectivity index (χ0n) is 22.0. The number of nitrogens with zero attached hydrogens (tertiary/aromatic N) is 4. The molecule has 0 saturated heterocycles. The Balaban J connectivity index is 1.44. The van der Waals surface area contributed by atoms with Crippen molar-refractivity contribution in [3.63, 3.8) is 0 Å². The molecule has 5 rings (SSSR count). The van der Waals surface area contributed by atoms with E-state index in [0.717, 1.165) is 59.7 Å². The lowest BCUT2D eigenvalue weighted by molar-refractivity contribution is 0.410. The lowest BCUT2D eigenvalue weighted by Gasteiger charge is -2.26. The number of hydrogen-bond acceptors (Lipinski definition) is 8. The van der Waals surface area contributed by atoms with Gasteiger partial charge in [-0.1, -0.05) is 37.6 Å². The van der Waals surface area contributed by atoms with Gasteiger partial charge < -0.3 is 11.1 Å². The Morgan fingerprint density at radius 3 is 2.46 bits per heavy atom. The van der Waals surface area contributed by atoms with Crippen molar-refractivity contribution in [3.8, 4) is 11.3 Å². The van der Waals surface area contributed by atoms with Crippen LogP contribution in [-0.2, 0) is 22.9 Å². The molecule has 11 heteroatoms. The van der Waals surface area contributed by atoms with Gasteiger partial charge in [0, 0.05) is 29.2 Å². The molecular weight excluding hydrogens is 534 g/mol. The second-order valence-electron chi connectivity index (χ2n) is 9.87. The summed E-state index contributed by atoms with van der Waals surface area (Å²) in [4.78, 5) is 9.42. The topological polar surface area (TPSA) is 136 Å². The first kappa shape index (κ1) is 27.2. The maximum absolute atomic E-state index is 12.9. The molecule has 1 aliphatic carbocycles. The summed E-state index contributed by atoms with van der Waals surface area (Å²) in [7, 11) is -3.92. The molecule has 9 nitrogen and oxygen atoms in total. The Labute approximate surface area is 233 Å². The van der Waals surface area contributed by atoms with Gasteiger partial charge in [0.2, 0.25) is 5.95 Å². The van der Waals surface area contributed by atoms with E-state index in [-0.39, 0.29) is 15.7 Å². The minimum Gasteiger partial charge on any atom is -0.351 e. The van der Waals surface area contributed by atoms with Gasteiger partial charge in [-0.15, -0.1) is 10.2 Å². The number of aromatic nitrogens is 4. The molecule has 204 valence electrons. The molecule has 39 heavy (non-hydrogen) atoms. The first-order valence-corrected chi connectivity index (χ1v) is 15.1. The first-order valence-electron chi connectivity index (χ1n) is 13.2. The number of fused-ring (bicyclic) bond motifs is 1. The number of halogens is 1. The van der Waals surface area contributed by atoms with Crippen molar-refractivity contribution in [3.05, 3.63) is 64.8 Å². The Morgan fingerprint density at radius 1 is 1.00 bits per heavy atom. The number of nitrogens with one attached hydrogen (secondary N) is 2. The van der Waals surface area contributed by atoms with E-state index in [2.05, 4.69) is 38.2 Å². The lowest BCUT2D eigenvalue weighted by atomic mass is 9.92. The summed E-state index contributed by atoms with van der Waals surface area (Å²) >= 11 is 6.10. The van der Waals surface area contributed by atoms with Crippen molar-refractivity contribution in [1.82, 2.24) is 20.2 Å². The predicted molar refractivity (Wildman–Crippen MR) is 155 cm³/mol. The summed E-state index contributed by atoms with van der Waals surface area (Å²) in [6.45, 7) is 4.09. The minimum absolute atomic E-state index is 0.0152. The third kappa shape index (κ3) is 5.98. The fourth-order valence-corrected chi connectivity index (χ4v) is 6.50. The maximum Gasteiger partial charge on any atom is 0.264 e. The van der Waals surface area contributed by atoms with Crippen LogP contribution in [0.15, 0.2) is 53.6 Å². The Morgan fingerprint density at radius 2 is 1.74 bits per heavy atom. The molecule has 2 aromatic carbocycles. The summed E-state index contributed by atoms with van der Waals surface area (Å²) in [5.74, 6) is 0.768. The smallest absolute Gasteiger partial charge is 0.264 e. The second-order valence-corrected chi connectivity index (χ2v) is 11.9. The number of benzene rings is 2. The van der Waals surface area contributed by atoms with Gasteiger partial charge in [-0.3, -0.25) is 4.72 Å². The summed E-state index contributed by atoms with van der Waals surface area (Å²) in [6.07, 6.45) is 7.31. The van der Waals surface area contributed by atoms with Gasteiger partial charge in [0.25, 0.3) is 10.0 Å². The first-order chi connectivity index (χ1) is 18.8. The van der Waals surface area contributed by atoms with E-state index in [1.54, 1.807) is 18.2 Å². The highest BCUT2D eigenvalue weighted by Crippen LogP contribution is 2.31. The molecule has 1 saturated carbocycles. The van der Waals surface area contributed by atoms with Gasteiger partial charge in [0.1, 0.15) is 4.90 Å². The molecule has 4 aromatic rings. The summed E-state index contributed by atoms with van der Waals surface area (Å²) in [5, 5.41) is 13.2. The second kappa shape index (κ2) is 11.4. The van der Waals surface area contributed by atoms with Crippen LogP contribution in [0.4, 0.5) is 11.8 Å². The number of hydrogen-bond donors (Lipinski definition) is 3. The Kier molecular flexibility index (Phi) is 7.97. The van der Waals surface area contributed by atoms with Crippen LogP contribution in [0.1, 0.15) is 50.7 Å². The number of rotatable bonds is 8. The summed E-state index contributed by atoms with van der Waals surface area (Å²) < 4.78 is 28.3. The van der Waals surface area contributed by atoms with Crippen LogP contribution < -0.4 is 15.8 Å². The van der Waals surface area contributed by atoms with Crippen LogP contribution >= 0.6 is 11.6 Å². The highest BCUT2D eigenvalue weighted by molar-refractivity contribution is 7.92. The highest BCUT2D eigenvalue weighted by Gasteiger charge is 2.21. The molecule has 0 radical (unpaired) electrons. The fourth-order valence-electron chi connectivity index (χ4n) is 4.99. The third-order valence-corrected chi connectivity index (χ3v) is 8.99. The van der Waals surface area contributed by atoms with Crippen LogP contribution in [-0.4, -0.2) is 40.7 Å². The zero-order chi connectivity index (χ0) is 27.6. The number of sulfonamides is 1. The van der Waals surface area contributed by atoms with Crippen molar-refractivity contribution in [2.75, 3.05) is 10.0 Å². The quantitative estimate of drug-likeness (QED) is 0.260. The molecule has 0 bridgehead atoms. The number of nitrogens with two attached hydrogens (primary N) is 1. The number of aryl methyl sites for hydroxylation is 2. The van der Waals surface area contributed by atoms with Gasteiger partial charge in [-0.2, -0.15) is 0 Å². The largest absolute Gasteiger partial charge is 0.351 e. The van der Waals surface area contributed by atoms with E-state index in [0.29, 0.717) is 30.1 Å². The van der Waals surface area contributed by atoms with E-state index in [9.17, 15) is 8.42 Å². The average molecular weight is 566 g/mol. The zero-order valence-corrected chi connectivity index (χ0v) is 23.6. The molecule has 0 amide bonds. The van der Waals surface area contributed by atoms with Gasteiger partial charge in [-0.05, 0) is 80.0 Å². The van der Waals surface area contributed by atoms with Crippen molar-refractivity contribution in [2.45, 2.75) is 69.4 Å². The predicted octanol–water partition coefficient (Wildman–Crippen LogP) is 5.35. The van der Waals surface area contributed by atoms with Gasteiger partial charge >= 0.3 is 0 Å². The Bertz CT molecular complexity index is 1610. The Hall–Kier alpha value is -3.34. The van der Waals surface area contributed by atoms with Gasteiger partial charge in [-0.25, -0.2) is 18.4 Å². The van der Waals surface area contributed by atoms with E-state index >= 15 is 0 Å². The average Bonchev–Trinajstić information content (AvgIpc) is 2.93. The van der Waals surface area contributed by atoms with E-state index in [1.807, 2.05) is 19.2 Å². The minimum atomic E-state index is -3.92. The molecular formula is C28H32ClN7O2S. The van der Waals surface area contributed by atoms with Crippen LogP contribution in [0.25, 0.3) is 22.2 Å². The maximum atomic E-state index is 12.9. The fraction of sp³-hybridized carbons (Fsp3) is 0.357. The third-order valence-electron chi connectivity index (χ3n) is 7.14. The molecule has 0 aliphatic heterocycles. The summed E-state index contributed by atoms with van der Waals surface area (Å²) in [6, 6.07) is 12.7. The highest BCUT2D eigenvalue weighted by atomic mass is 35.5. The molecule has 0 spiro atoms. The standard InChI is InChI=1S/C28H32ClN7O2S/c1-3-17-13-19(14-20-16-31-28(33-26(17)20)32-22-11-9-21(30)10-12-22)27-18(4-2)15-25(34-35-27)36-39(37,38)24-8-6-5-7-23(24)29/h5-8,13-16,21-22H,3-4,9-12,30H2,1-2H3,(H,34,36)(H,31,32,33)/t21-,22-. The van der Waals surface area contributed by atoms with Crippen LogP contribution in [0, 0.1) is 0 Å². The van der Waals surface area contributed by atoms with E-state index in [1.165, 1.54) is 12.1 Å². The molecule has 0 unspecified atom stereocenters. The molecule has 4 N–H and O–H groups in total. The molecule has 1 fully saturated rings. The number of anilines is 2. The van der Waals surface area contributed by atoms with E-state index < -0.39 is 10.0 Å². The van der Waals surface area contributed by atoms with Crippen LogP contribution in [0.5, 0.6) is 0 Å². The SMILES string of the molecule is CCc1cc(NS(=O)(=O)c2ccccc2Cl)nnc1-c1cc(CC)c2nc(N[C@H]3CC[C@H](N)CC3)ncc2c1. The van der Waals surface area contributed by atoms with Crippen molar-refractivity contribution < 1.29 is 8.42 Å². The molecule has 2 heterocycles. The van der Waals surface area contributed by atoms with Crippen LogP contribution in [0.2, 0.25) is 5.02 Å². The normalized spacial score (nSPS) is 17.7.